The van der Waals surface area contributed by atoms with Crippen LogP contribution < -0.4 is 0 Å². The van der Waals surface area contributed by atoms with Gasteiger partial charge in [0.1, 0.15) is 0 Å². The average Bonchev–Trinajstić information content (AvgIpc) is 2.18. The lowest BCUT2D eigenvalue weighted by atomic mass is 10.0. The van der Waals surface area contributed by atoms with Crippen molar-refractivity contribution in [1.82, 2.24) is 0 Å². The average molecular weight is 180 g/mol. The van der Waals surface area contributed by atoms with E-state index in [9.17, 15) is 5.11 Å². The molecule has 72 valence electrons. The minimum absolute atomic E-state index is 0.0597. The van der Waals surface area contributed by atoms with Gasteiger partial charge in [-0.05, 0) is 17.5 Å². The second-order valence-electron chi connectivity index (χ2n) is 3.20. The van der Waals surface area contributed by atoms with E-state index in [0.717, 1.165) is 24.0 Å². The number of aliphatic hydroxyl groups is 2. The van der Waals surface area contributed by atoms with Crippen LogP contribution in [-0.4, -0.2) is 10.2 Å². The van der Waals surface area contributed by atoms with Crippen LogP contribution in [0.3, 0.4) is 0 Å². The van der Waals surface area contributed by atoms with Gasteiger partial charge in [-0.15, -0.1) is 0 Å². The van der Waals surface area contributed by atoms with E-state index in [1.54, 1.807) is 0 Å². The van der Waals surface area contributed by atoms with Crippen molar-refractivity contribution >= 4 is 0 Å². The van der Waals surface area contributed by atoms with Gasteiger partial charge in [-0.1, -0.05) is 37.6 Å². The molecule has 1 aromatic carbocycles. The van der Waals surface area contributed by atoms with Gasteiger partial charge in [0.25, 0.3) is 0 Å². The molecule has 0 saturated carbocycles. The molecule has 0 heterocycles. The lowest BCUT2D eigenvalue weighted by Gasteiger charge is -2.09. The van der Waals surface area contributed by atoms with E-state index in [-0.39, 0.29) is 12.7 Å². The lowest BCUT2D eigenvalue weighted by molar-refractivity contribution is 0.166. The van der Waals surface area contributed by atoms with Crippen LogP contribution in [0.2, 0.25) is 0 Å². The first-order valence-electron chi connectivity index (χ1n) is 4.65. The summed E-state index contributed by atoms with van der Waals surface area (Å²) in [6.07, 6.45) is 1.40. The first-order chi connectivity index (χ1) is 6.27. The number of aliphatic hydroxyl groups excluding tert-OH is 2. The Balaban J connectivity index is 2.67. The first-order valence-corrected chi connectivity index (χ1v) is 4.65. The molecule has 0 saturated heterocycles. The van der Waals surface area contributed by atoms with Crippen molar-refractivity contribution in [3.63, 3.8) is 0 Å². The largest absolute Gasteiger partial charge is 0.392 e. The van der Waals surface area contributed by atoms with E-state index >= 15 is 0 Å². The highest BCUT2D eigenvalue weighted by atomic mass is 16.3. The predicted octanol–water partition coefficient (Wildman–Crippen LogP) is 2.01. The van der Waals surface area contributed by atoms with Crippen molar-refractivity contribution < 1.29 is 10.2 Å². The number of hydrogen-bond acceptors (Lipinski definition) is 2. The molecule has 0 aliphatic carbocycles. The maximum absolute atomic E-state index is 9.62. The van der Waals surface area contributed by atoms with Crippen LogP contribution in [0.25, 0.3) is 0 Å². The smallest absolute Gasteiger partial charge is 0.0790 e. The Hall–Kier alpha value is -0.860. The molecule has 1 unspecified atom stereocenters. The quantitative estimate of drug-likeness (QED) is 0.744. The molecule has 0 bridgehead atoms. The third kappa shape index (κ3) is 2.83. The maximum atomic E-state index is 9.62. The van der Waals surface area contributed by atoms with Gasteiger partial charge < -0.3 is 10.2 Å². The first kappa shape index (κ1) is 10.2. The van der Waals surface area contributed by atoms with Crippen LogP contribution in [0.4, 0.5) is 0 Å². The van der Waals surface area contributed by atoms with Crippen molar-refractivity contribution in [3.8, 4) is 0 Å². The Kier molecular flexibility index (Phi) is 3.93. The topological polar surface area (TPSA) is 40.5 Å². The molecule has 2 nitrogen and oxygen atoms in total. The summed E-state index contributed by atoms with van der Waals surface area (Å²) in [6.45, 7) is 2.11. The van der Waals surface area contributed by atoms with Crippen molar-refractivity contribution in [2.75, 3.05) is 0 Å². The molecule has 0 fully saturated rings. The predicted molar refractivity (Wildman–Crippen MR) is 52.2 cm³/mol. The fourth-order valence-corrected chi connectivity index (χ4v) is 1.29. The van der Waals surface area contributed by atoms with Crippen molar-refractivity contribution in [2.45, 2.75) is 32.5 Å². The molecule has 0 aromatic heterocycles. The van der Waals surface area contributed by atoms with E-state index in [1.807, 2.05) is 31.2 Å². The highest BCUT2D eigenvalue weighted by molar-refractivity contribution is 5.23. The van der Waals surface area contributed by atoms with E-state index in [1.165, 1.54) is 0 Å². The third-order valence-corrected chi connectivity index (χ3v) is 2.11. The van der Waals surface area contributed by atoms with Gasteiger partial charge in [-0.3, -0.25) is 0 Å². The number of rotatable bonds is 4. The summed E-state index contributed by atoms with van der Waals surface area (Å²) in [5.74, 6) is 0. The molecule has 2 heteroatoms. The van der Waals surface area contributed by atoms with Gasteiger partial charge in [0.2, 0.25) is 0 Å². The Bertz CT molecular complexity index is 241. The molecule has 1 atom stereocenters. The standard InChI is InChI=1S/C11H16O2/c1-2-3-11(13)10-6-4-9(8-12)5-7-10/h4-7,11-13H,2-3,8H2,1H3. The summed E-state index contributed by atoms with van der Waals surface area (Å²) in [4.78, 5) is 0. The van der Waals surface area contributed by atoms with E-state index in [2.05, 4.69) is 0 Å². The fraction of sp³-hybridized carbons (Fsp3) is 0.455. The molecule has 13 heavy (non-hydrogen) atoms. The molecule has 0 aliphatic rings. The fourth-order valence-electron chi connectivity index (χ4n) is 1.29. The zero-order valence-electron chi connectivity index (χ0n) is 7.90. The van der Waals surface area contributed by atoms with Gasteiger partial charge >= 0.3 is 0 Å². The Labute approximate surface area is 78.8 Å². The Morgan fingerprint density at radius 2 is 1.85 bits per heavy atom. The molecular formula is C11H16O2. The van der Waals surface area contributed by atoms with Crippen molar-refractivity contribution in [1.29, 1.82) is 0 Å². The highest BCUT2D eigenvalue weighted by Gasteiger charge is 2.04. The molecule has 0 amide bonds. The summed E-state index contributed by atoms with van der Waals surface area (Å²) < 4.78 is 0. The van der Waals surface area contributed by atoms with E-state index in [4.69, 9.17) is 5.11 Å². The summed E-state index contributed by atoms with van der Waals surface area (Å²) in [5.41, 5.74) is 1.81. The van der Waals surface area contributed by atoms with Crippen LogP contribution >= 0.6 is 0 Å². The van der Waals surface area contributed by atoms with Crippen LogP contribution in [0.1, 0.15) is 37.0 Å². The van der Waals surface area contributed by atoms with Gasteiger partial charge in [-0.25, -0.2) is 0 Å². The number of hydrogen-bond donors (Lipinski definition) is 2. The monoisotopic (exact) mass is 180 g/mol. The second kappa shape index (κ2) is 5.00. The van der Waals surface area contributed by atoms with Crippen molar-refractivity contribution in [3.05, 3.63) is 35.4 Å². The van der Waals surface area contributed by atoms with E-state index < -0.39 is 0 Å². The normalized spacial score (nSPS) is 12.8. The van der Waals surface area contributed by atoms with Crippen LogP contribution in [0.15, 0.2) is 24.3 Å². The van der Waals surface area contributed by atoms with Crippen LogP contribution in [-0.2, 0) is 6.61 Å². The second-order valence-corrected chi connectivity index (χ2v) is 3.20. The Morgan fingerprint density at radius 1 is 1.23 bits per heavy atom. The summed E-state index contributed by atoms with van der Waals surface area (Å²) in [7, 11) is 0. The van der Waals surface area contributed by atoms with Crippen LogP contribution in [0.5, 0.6) is 0 Å². The molecule has 1 rings (SSSR count). The molecule has 0 spiro atoms. The summed E-state index contributed by atoms with van der Waals surface area (Å²) in [5, 5.41) is 18.4. The molecule has 0 radical (unpaired) electrons. The van der Waals surface area contributed by atoms with Gasteiger partial charge in [0, 0.05) is 0 Å². The minimum atomic E-state index is -0.363. The van der Waals surface area contributed by atoms with E-state index in [0.29, 0.717) is 0 Å². The van der Waals surface area contributed by atoms with Gasteiger partial charge in [-0.2, -0.15) is 0 Å². The third-order valence-electron chi connectivity index (χ3n) is 2.11. The molecular weight excluding hydrogens is 164 g/mol. The molecule has 0 aliphatic heterocycles. The van der Waals surface area contributed by atoms with Gasteiger partial charge in [0.05, 0.1) is 12.7 Å². The SMILES string of the molecule is CCCC(O)c1ccc(CO)cc1. The van der Waals surface area contributed by atoms with Crippen molar-refractivity contribution in [2.24, 2.45) is 0 Å². The lowest BCUT2D eigenvalue weighted by Crippen LogP contribution is -1.96. The highest BCUT2D eigenvalue weighted by Crippen LogP contribution is 2.18. The molecule has 2 N–H and O–H groups in total. The zero-order chi connectivity index (χ0) is 9.68. The zero-order valence-corrected chi connectivity index (χ0v) is 7.90. The van der Waals surface area contributed by atoms with Gasteiger partial charge in [0.15, 0.2) is 0 Å². The number of benzene rings is 1. The van der Waals surface area contributed by atoms with Crippen LogP contribution in [0, 0.1) is 0 Å². The maximum Gasteiger partial charge on any atom is 0.0790 e. The Morgan fingerprint density at radius 3 is 2.31 bits per heavy atom. The summed E-state index contributed by atoms with van der Waals surface area (Å²) >= 11 is 0. The minimum Gasteiger partial charge on any atom is -0.392 e. The molecule has 1 aromatic rings. The summed E-state index contributed by atoms with van der Waals surface area (Å²) in [6, 6.07) is 7.42.